The lowest BCUT2D eigenvalue weighted by atomic mass is 10.5. The number of aromatic nitrogens is 3. The van der Waals surface area contributed by atoms with Crippen molar-refractivity contribution in [3.05, 3.63) is 22.0 Å². The molecule has 0 unspecified atom stereocenters. The van der Waals surface area contributed by atoms with Crippen LogP contribution in [0.1, 0.15) is 23.5 Å². The van der Waals surface area contributed by atoms with Crippen LogP contribution in [0.25, 0.3) is 0 Å². The van der Waals surface area contributed by atoms with E-state index in [2.05, 4.69) is 27.5 Å². The SMILES string of the molecule is CCc1nc(CSc2nnc(CN)o2)cs1. The molecule has 0 aromatic carbocycles. The molecular formula is C9H12N4OS2. The number of nitrogens with zero attached hydrogens (tertiary/aromatic N) is 3. The van der Waals surface area contributed by atoms with Crippen LogP contribution in [0.3, 0.4) is 0 Å². The maximum Gasteiger partial charge on any atom is 0.277 e. The van der Waals surface area contributed by atoms with Crippen LogP contribution in [0.4, 0.5) is 0 Å². The third-order valence-electron chi connectivity index (χ3n) is 1.87. The third-order valence-corrected chi connectivity index (χ3v) is 3.76. The maximum absolute atomic E-state index is 5.38. The van der Waals surface area contributed by atoms with Gasteiger partial charge in [-0.05, 0) is 6.42 Å². The Morgan fingerprint density at radius 1 is 1.50 bits per heavy atom. The van der Waals surface area contributed by atoms with Gasteiger partial charge in [0.2, 0.25) is 5.89 Å². The van der Waals surface area contributed by atoms with E-state index in [0.717, 1.165) is 22.9 Å². The number of thiazole rings is 1. The van der Waals surface area contributed by atoms with Crippen molar-refractivity contribution >= 4 is 23.1 Å². The van der Waals surface area contributed by atoms with Gasteiger partial charge in [0, 0.05) is 11.1 Å². The fourth-order valence-corrected chi connectivity index (χ4v) is 2.62. The minimum Gasteiger partial charge on any atom is -0.415 e. The average Bonchev–Trinajstić information content (AvgIpc) is 2.95. The predicted molar refractivity (Wildman–Crippen MR) is 63.2 cm³/mol. The van der Waals surface area contributed by atoms with Gasteiger partial charge in [-0.2, -0.15) is 0 Å². The number of hydrogen-bond donors (Lipinski definition) is 1. The zero-order valence-corrected chi connectivity index (χ0v) is 10.5. The third kappa shape index (κ3) is 2.81. The lowest BCUT2D eigenvalue weighted by molar-refractivity contribution is 0.414. The van der Waals surface area contributed by atoms with E-state index in [4.69, 9.17) is 10.2 Å². The highest BCUT2D eigenvalue weighted by Gasteiger charge is 2.07. The summed E-state index contributed by atoms with van der Waals surface area (Å²) in [4.78, 5) is 4.45. The number of hydrogen-bond acceptors (Lipinski definition) is 7. The molecule has 0 amide bonds. The van der Waals surface area contributed by atoms with Gasteiger partial charge in [-0.3, -0.25) is 0 Å². The highest BCUT2D eigenvalue weighted by Crippen LogP contribution is 2.22. The van der Waals surface area contributed by atoms with E-state index in [-0.39, 0.29) is 6.54 Å². The molecule has 2 heterocycles. The smallest absolute Gasteiger partial charge is 0.277 e. The molecule has 16 heavy (non-hydrogen) atoms. The minimum absolute atomic E-state index is 0.282. The summed E-state index contributed by atoms with van der Waals surface area (Å²) < 4.78 is 5.28. The van der Waals surface area contributed by atoms with Crippen molar-refractivity contribution in [3.63, 3.8) is 0 Å². The number of thioether (sulfide) groups is 1. The summed E-state index contributed by atoms with van der Waals surface area (Å²) in [5.41, 5.74) is 6.43. The van der Waals surface area contributed by atoms with E-state index in [1.807, 2.05) is 0 Å². The zero-order chi connectivity index (χ0) is 11.4. The Bertz CT molecular complexity index is 412. The lowest BCUT2D eigenvalue weighted by Crippen LogP contribution is -1.95. The van der Waals surface area contributed by atoms with E-state index in [0.29, 0.717) is 11.1 Å². The van der Waals surface area contributed by atoms with Crippen molar-refractivity contribution < 1.29 is 4.42 Å². The monoisotopic (exact) mass is 256 g/mol. The van der Waals surface area contributed by atoms with E-state index in [1.54, 1.807) is 11.3 Å². The van der Waals surface area contributed by atoms with Crippen LogP contribution in [-0.2, 0) is 18.7 Å². The first-order chi connectivity index (χ1) is 7.81. The number of aryl methyl sites for hydroxylation is 1. The summed E-state index contributed by atoms with van der Waals surface area (Å²) in [6, 6.07) is 0. The van der Waals surface area contributed by atoms with Crippen LogP contribution in [-0.4, -0.2) is 15.2 Å². The molecule has 86 valence electrons. The van der Waals surface area contributed by atoms with Crippen molar-refractivity contribution in [1.29, 1.82) is 0 Å². The minimum atomic E-state index is 0.282. The zero-order valence-electron chi connectivity index (χ0n) is 8.84. The largest absolute Gasteiger partial charge is 0.415 e. The van der Waals surface area contributed by atoms with E-state index < -0.39 is 0 Å². The normalized spacial score (nSPS) is 10.9. The molecule has 5 nitrogen and oxygen atoms in total. The first-order valence-electron chi connectivity index (χ1n) is 4.90. The molecule has 0 atom stereocenters. The summed E-state index contributed by atoms with van der Waals surface area (Å²) in [5, 5.41) is 11.4. The summed E-state index contributed by atoms with van der Waals surface area (Å²) >= 11 is 3.17. The molecule has 0 aliphatic rings. The summed E-state index contributed by atoms with van der Waals surface area (Å²) in [5.74, 6) is 1.22. The van der Waals surface area contributed by atoms with E-state index in [1.165, 1.54) is 11.8 Å². The first-order valence-corrected chi connectivity index (χ1v) is 6.77. The Morgan fingerprint density at radius 3 is 3.00 bits per heavy atom. The van der Waals surface area contributed by atoms with Crippen molar-refractivity contribution in [1.82, 2.24) is 15.2 Å². The Hall–Kier alpha value is -0.920. The second-order valence-corrected chi connectivity index (χ2v) is 4.91. The Labute approximate surface area is 101 Å². The van der Waals surface area contributed by atoms with E-state index >= 15 is 0 Å². The van der Waals surface area contributed by atoms with E-state index in [9.17, 15) is 0 Å². The molecule has 2 aromatic rings. The Balaban J connectivity index is 1.91. The number of rotatable bonds is 5. The van der Waals surface area contributed by atoms with Gasteiger partial charge in [-0.25, -0.2) is 4.98 Å². The van der Waals surface area contributed by atoms with Crippen LogP contribution in [0, 0.1) is 0 Å². The lowest BCUT2D eigenvalue weighted by Gasteiger charge is -1.91. The molecule has 0 saturated carbocycles. The highest BCUT2D eigenvalue weighted by atomic mass is 32.2. The molecule has 0 fully saturated rings. The standard InChI is InChI=1S/C9H12N4OS2/c1-2-8-11-6(4-15-8)5-16-9-13-12-7(3-10)14-9/h4H,2-3,5,10H2,1H3. The molecule has 0 saturated heterocycles. The predicted octanol–water partition coefficient (Wildman–Crippen LogP) is 1.84. The second-order valence-electron chi connectivity index (χ2n) is 3.04. The molecule has 2 aromatic heterocycles. The van der Waals surface area contributed by atoms with Crippen molar-refractivity contribution in [2.24, 2.45) is 5.73 Å². The molecule has 2 N–H and O–H groups in total. The molecule has 0 aliphatic heterocycles. The summed E-state index contributed by atoms with van der Waals surface area (Å²) in [6.07, 6.45) is 0.979. The van der Waals surface area contributed by atoms with Gasteiger partial charge in [0.15, 0.2) is 0 Å². The quantitative estimate of drug-likeness (QED) is 0.822. The van der Waals surface area contributed by atoms with Crippen molar-refractivity contribution in [2.75, 3.05) is 0 Å². The average molecular weight is 256 g/mol. The summed E-state index contributed by atoms with van der Waals surface area (Å²) in [7, 11) is 0. The Kier molecular flexibility index (Phi) is 3.92. The van der Waals surface area contributed by atoms with Gasteiger partial charge in [-0.1, -0.05) is 18.7 Å². The topological polar surface area (TPSA) is 77.8 Å². The number of nitrogens with two attached hydrogens (primary N) is 1. The molecule has 7 heteroatoms. The van der Waals surface area contributed by atoms with Gasteiger partial charge < -0.3 is 10.2 Å². The molecule has 0 spiro atoms. The maximum atomic E-state index is 5.38. The Morgan fingerprint density at radius 2 is 2.38 bits per heavy atom. The highest BCUT2D eigenvalue weighted by molar-refractivity contribution is 7.98. The fourth-order valence-electron chi connectivity index (χ4n) is 1.09. The summed E-state index contributed by atoms with van der Waals surface area (Å²) in [6.45, 7) is 2.38. The molecule has 0 aliphatic carbocycles. The van der Waals surface area contributed by atoms with Crippen molar-refractivity contribution in [3.8, 4) is 0 Å². The molecular weight excluding hydrogens is 244 g/mol. The van der Waals surface area contributed by atoms with Gasteiger partial charge in [-0.15, -0.1) is 21.5 Å². The van der Waals surface area contributed by atoms with Gasteiger partial charge in [0.05, 0.1) is 17.2 Å². The molecule has 0 radical (unpaired) electrons. The molecule has 2 rings (SSSR count). The van der Waals surface area contributed by atoms with Crippen molar-refractivity contribution in [2.45, 2.75) is 30.9 Å². The van der Waals surface area contributed by atoms with Crippen LogP contribution < -0.4 is 5.73 Å². The van der Waals surface area contributed by atoms with Gasteiger partial charge in [0.1, 0.15) is 0 Å². The van der Waals surface area contributed by atoms with Gasteiger partial charge in [0.25, 0.3) is 5.22 Å². The van der Waals surface area contributed by atoms with Crippen LogP contribution in [0.15, 0.2) is 15.0 Å². The second kappa shape index (κ2) is 5.42. The fraction of sp³-hybridized carbons (Fsp3) is 0.444. The first kappa shape index (κ1) is 11.6. The molecule has 0 bridgehead atoms. The van der Waals surface area contributed by atoms with Crippen LogP contribution in [0.2, 0.25) is 0 Å². The van der Waals surface area contributed by atoms with Gasteiger partial charge >= 0.3 is 0 Å². The van der Waals surface area contributed by atoms with Crippen LogP contribution >= 0.6 is 23.1 Å². The van der Waals surface area contributed by atoms with Crippen LogP contribution in [0.5, 0.6) is 0 Å².